The van der Waals surface area contributed by atoms with Gasteiger partial charge >= 0.3 is 0 Å². The van der Waals surface area contributed by atoms with E-state index in [1.165, 1.54) is 0 Å². The molecule has 0 unspecified atom stereocenters. The minimum atomic E-state index is -0.181. The van der Waals surface area contributed by atoms with Crippen LogP contribution in [-0.2, 0) is 0 Å². The van der Waals surface area contributed by atoms with Crippen molar-refractivity contribution in [2.24, 2.45) is 0 Å². The van der Waals surface area contributed by atoms with Crippen molar-refractivity contribution >= 4 is 0 Å². The lowest BCUT2D eigenvalue weighted by atomic mass is 10.1. The SMILES string of the molecule is CC[C@@H](O)CN(C)C(C)(C)C. The Hall–Kier alpha value is -0.0800. The highest BCUT2D eigenvalue weighted by Crippen LogP contribution is 2.10. The van der Waals surface area contributed by atoms with Gasteiger partial charge in [-0.3, -0.25) is 4.90 Å². The molecule has 0 saturated carbocycles. The highest BCUT2D eigenvalue weighted by Gasteiger charge is 2.18. The predicted molar refractivity (Wildman–Crippen MR) is 48.7 cm³/mol. The Morgan fingerprint density at radius 2 is 1.82 bits per heavy atom. The maximum Gasteiger partial charge on any atom is 0.0664 e. The molecule has 0 radical (unpaired) electrons. The molecule has 0 aliphatic carbocycles. The molecule has 0 aromatic rings. The van der Waals surface area contributed by atoms with Crippen molar-refractivity contribution in [1.29, 1.82) is 0 Å². The molecule has 0 heterocycles. The van der Waals surface area contributed by atoms with E-state index in [9.17, 15) is 5.11 Å². The Labute approximate surface area is 70.2 Å². The average molecular weight is 159 g/mol. The molecule has 0 amide bonds. The van der Waals surface area contributed by atoms with Gasteiger partial charge in [-0.2, -0.15) is 0 Å². The summed E-state index contributed by atoms with van der Waals surface area (Å²) in [6.45, 7) is 9.21. The van der Waals surface area contributed by atoms with Gasteiger partial charge in [0, 0.05) is 12.1 Å². The Morgan fingerprint density at radius 1 is 1.36 bits per heavy atom. The van der Waals surface area contributed by atoms with Gasteiger partial charge < -0.3 is 5.11 Å². The van der Waals surface area contributed by atoms with Crippen LogP contribution in [-0.4, -0.2) is 35.2 Å². The van der Waals surface area contributed by atoms with E-state index in [1.807, 2.05) is 14.0 Å². The topological polar surface area (TPSA) is 23.5 Å². The van der Waals surface area contributed by atoms with Crippen LogP contribution in [0.25, 0.3) is 0 Å². The van der Waals surface area contributed by atoms with Crippen molar-refractivity contribution in [3.63, 3.8) is 0 Å². The molecule has 0 spiro atoms. The van der Waals surface area contributed by atoms with Crippen molar-refractivity contribution in [1.82, 2.24) is 4.90 Å². The maximum atomic E-state index is 9.35. The zero-order chi connectivity index (χ0) is 9.07. The van der Waals surface area contributed by atoms with Gasteiger partial charge in [0.1, 0.15) is 0 Å². The second-order valence-corrected chi connectivity index (χ2v) is 4.11. The zero-order valence-electron chi connectivity index (χ0n) is 8.39. The number of likely N-dealkylation sites (N-methyl/N-ethyl adjacent to an activating group) is 1. The number of hydrogen-bond acceptors (Lipinski definition) is 2. The number of aliphatic hydroxyl groups excluding tert-OH is 1. The van der Waals surface area contributed by atoms with Gasteiger partial charge in [0.05, 0.1) is 6.10 Å². The molecule has 2 heteroatoms. The smallest absolute Gasteiger partial charge is 0.0664 e. The van der Waals surface area contributed by atoms with Crippen LogP contribution in [0.15, 0.2) is 0 Å². The summed E-state index contributed by atoms with van der Waals surface area (Å²) in [6.07, 6.45) is 0.652. The van der Waals surface area contributed by atoms with Gasteiger partial charge in [-0.15, -0.1) is 0 Å². The van der Waals surface area contributed by atoms with Crippen LogP contribution in [0, 0.1) is 0 Å². The van der Waals surface area contributed by atoms with Crippen LogP contribution in [0.4, 0.5) is 0 Å². The second kappa shape index (κ2) is 4.07. The number of aliphatic hydroxyl groups is 1. The normalized spacial score (nSPS) is 15.5. The fourth-order valence-corrected chi connectivity index (χ4v) is 0.719. The third-order valence-electron chi connectivity index (χ3n) is 2.10. The van der Waals surface area contributed by atoms with Gasteiger partial charge in [-0.25, -0.2) is 0 Å². The van der Waals surface area contributed by atoms with E-state index in [4.69, 9.17) is 0 Å². The summed E-state index contributed by atoms with van der Waals surface area (Å²) in [7, 11) is 2.04. The molecule has 0 fully saturated rings. The monoisotopic (exact) mass is 159 g/mol. The fourth-order valence-electron chi connectivity index (χ4n) is 0.719. The summed E-state index contributed by atoms with van der Waals surface area (Å²) in [5.41, 5.74) is 0.163. The average Bonchev–Trinajstić information content (AvgIpc) is 1.85. The summed E-state index contributed by atoms with van der Waals surface area (Å²) >= 11 is 0. The molecular weight excluding hydrogens is 138 g/mol. The minimum absolute atomic E-state index is 0.163. The molecule has 0 aromatic heterocycles. The maximum absolute atomic E-state index is 9.35. The Balaban J connectivity index is 3.77. The van der Waals surface area contributed by atoms with Crippen LogP contribution >= 0.6 is 0 Å². The highest BCUT2D eigenvalue weighted by atomic mass is 16.3. The van der Waals surface area contributed by atoms with Crippen molar-refractivity contribution < 1.29 is 5.11 Å². The number of β-amino-alcohol motifs (C(OH)–C–C–N with tert-alkyl or cyclic N) is 1. The molecule has 1 N–H and O–H groups in total. The van der Waals surface area contributed by atoms with E-state index in [0.717, 1.165) is 13.0 Å². The molecular formula is C9H21NO. The summed E-state index contributed by atoms with van der Waals surface area (Å²) in [4.78, 5) is 2.17. The molecule has 0 aliphatic heterocycles. The van der Waals surface area contributed by atoms with Gasteiger partial charge in [-0.1, -0.05) is 6.92 Å². The molecule has 0 bridgehead atoms. The lowest BCUT2D eigenvalue weighted by molar-refractivity contribution is 0.0769. The Morgan fingerprint density at radius 3 is 2.09 bits per heavy atom. The standard InChI is InChI=1S/C9H21NO/c1-6-8(11)7-10(5)9(2,3)4/h8,11H,6-7H2,1-5H3/t8-/m1/s1. The number of rotatable bonds is 3. The van der Waals surface area contributed by atoms with E-state index in [1.54, 1.807) is 0 Å². The predicted octanol–water partition coefficient (Wildman–Crippen LogP) is 1.49. The summed E-state index contributed by atoms with van der Waals surface area (Å²) in [5, 5.41) is 9.35. The van der Waals surface area contributed by atoms with E-state index >= 15 is 0 Å². The fraction of sp³-hybridized carbons (Fsp3) is 1.00. The van der Waals surface area contributed by atoms with Gasteiger partial charge in [0.2, 0.25) is 0 Å². The molecule has 11 heavy (non-hydrogen) atoms. The third-order valence-corrected chi connectivity index (χ3v) is 2.10. The molecule has 0 saturated heterocycles. The summed E-state index contributed by atoms with van der Waals surface area (Å²) < 4.78 is 0. The molecule has 0 rings (SSSR count). The molecule has 2 nitrogen and oxygen atoms in total. The highest BCUT2D eigenvalue weighted by molar-refractivity contribution is 4.74. The van der Waals surface area contributed by atoms with E-state index in [0.29, 0.717) is 0 Å². The summed E-state index contributed by atoms with van der Waals surface area (Å²) in [5.74, 6) is 0. The first-order valence-electron chi connectivity index (χ1n) is 4.27. The summed E-state index contributed by atoms with van der Waals surface area (Å²) in [6, 6.07) is 0. The Bertz CT molecular complexity index is 107. The van der Waals surface area contributed by atoms with Crippen molar-refractivity contribution in [2.45, 2.75) is 45.8 Å². The second-order valence-electron chi connectivity index (χ2n) is 4.11. The van der Waals surface area contributed by atoms with Gasteiger partial charge in [0.15, 0.2) is 0 Å². The first-order chi connectivity index (χ1) is 4.88. The molecule has 1 atom stereocenters. The Kier molecular flexibility index (Phi) is 4.04. The third kappa shape index (κ3) is 4.38. The quantitative estimate of drug-likeness (QED) is 0.674. The van der Waals surface area contributed by atoms with Crippen molar-refractivity contribution in [2.75, 3.05) is 13.6 Å². The van der Waals surface area contributed by atoms with Crippen LogP contribution in [0.2, 0.25) is 0 Å². The van der Waals surface area contributed by atoms with Crippen molar-refractivity contribution in [3.05, 3.63) is 0 Å². The van der Waals surface area contributed by atoms with E-state index in [2.05, 4.69) is 25.7 Å². The van der Waals surface area contributed by atoms with Crippen LogP contribution in [0.5, 0.6) is 0 Å². The van der Waals surface area contributed by atoms with Crippen LogP contribution < -0.4 is 0 Å². The lowest BCUT2D eigenvalue weighted by Gasteiger charge is -2.33. The first-order valence-corrected chi connectivity index (χ1v) is 4.27. The van der Waals surface area contributed by atoms with Gasteiger partial charge in [-0.05, 0) is 34.2 Å². The van der Waals surface area contributed by atoms with E-state index in [-0.39, 0.29) is 11.6 Å². The first kappa shape index (κ1) is 10.9. The minimum Gasteiger partial charge on any atom is -0.392 e. The molecule has 0 aliphatic rings. The van der Waals surface area contributed by atoms with Gasteiger partial charge in [0.25, 0.3) is 0 Å². The largest absolute Gasteiger partial charge is 0.392 e. The lowest BCUT2D eigenvalue weighted by Crippen LogP contribution is -2.42. The van der Waals surface area contributed by atoms with Crippen LogP contribution in [0.1, 0.15) is 34.1 Å². The molecule has 68 valence electrons. The number of nitrogens with zero attached hydrogens (tertiary/aromatic N) is 1. The van der Waals surface area contributed by atoms with E-state index < -0.39 is 0 Å². The zero-order valence-corrected chi connectivity index (χ0v) is 8.39. The number of hydrogen-bond donors (Lipinski definition) is 1. The van der Waals surface area contributed by atoms with Crippen molar-refractivity contribution in [3.8, 4) is 0 Å². The van der Waals surface area contributed by atoms with Crippen LogP contribution in [0.3, 0.4) is 0 Å². The molecule has 0 aromatic carbocycles.